The van der Waals surface area contributed by atoms with Crippen molar-refractivity contribution in [1.82, 2.24) is 0 Å². The molecule has 2 aromatic rings. The number of hydrogen-bond acceptors (Lipinski definition) is 0. The molecular formula is C20H17BI2. The largest absolute Gasteiger partial charge is 0.107 e. The molecule has 4 rings (SSSR count). The first kappa shape index (κ1) is 15.9. The predicted octanol–water partition coefficient (Wildman–Crippen LogP) is 5.82. The SMILES string of the molecule is BCC1=C2c3cc(I)ccc3-c3ccc(I)cc3[C@@H]2C(C)=C1C. The molecule has 0 amide bonds. The van der Waals surface area contributed by atoms with Gasteiger partial charge in [0.1, 0.15) is 7.85 Å². The van der Waals surface area contributed by atoms with Crippen molar-refractivity contribution < 1.29 is 0 Å². The topological polar surface area (TPSA) is 0 Å². The van der Waals surface area contributed by atoms with Gasteiger partial charge in [-0.2, -0.15) is 0 Å². The van der Waals surface area contributed by atoms with Gasteiger partial charge in [0.15, 0.2) is 0 Å². The number of fused-ring (bicyclic) bond motifs is 6. The summed E-state index contributed by atoms with van der Waals surface area (Å²) in [5, 5.41) is 0. The molecule has 0 aliphatic heterocycles. The van der Waals surface area contributed by atoms with Crippen LogP contribution in [0.3, 0.4) is 0 Å². The highest BCUT2D eigenvalue weighted by atomic mass is 127. The Hall–Kier alpha value is -0.555. The molecular weight excluding hydrogens is 505 g/mol. The van der Waals surface area contributed by atoms with Crippen molar-refractivity contribution >= 4 is 58.6 Å². The molecule has 2 aliphatic rings. The molecule has 0 saturated heterocycles. The first-order valence-corrected chi connectivity index (χ1v) is 10.2. The molecule has 0 unspecified atom stereocenters. The lowest BCUT2D eigenvalue weighted by molar-refractivity contribution is 1.01. The quantitative estimate of drug-likeness (QED) is 0.328. The van der Waals surface area contributed by atoms with E-state index in [0.29, 0.717) is 5.92 Å². The first-order chi connectivity index (χ1) is 11.0. The van der Waals surface area contributed by atoms with Gasteiger partial charge in [0, 0.05) is 13.1 Å². The van der Waals surface area contributed by atoms with Crippen LogP contribution in [0.1, 0.15) is 30.9 Å². The van der Waals surface area contributed by atoms with Gasteiger partial charge in [-0.15, -0.1) is 0 Å². The normalized spacial score (nSPS) is 18.9. The Morgan fingerprint density at radius 1 is 0.913 bits per heavy atom. The zero-order valence-corrected chi connectivity index (χ0v) is 17.8. The summed E-state index contributed by atoms with van der Waals surface area (Å²) in [7, 11) is 2.29. The van der Waals surface area contributed by atoms with Crippen molar-refractivity contribution in [2.45, 2.75) is 26.1 Å². The van der Waals surface area contributed by atoms with E-state index < -0.39 is 0 Å². The molecule has 114 valence electrons. The Morgan fingerprint density at radius 3 is 2.26 bits per heavy atom. The molecule has 0 N–H and O–H groups in total. The van der Waals surface area contributed by atoms with Gasteiger partial charge in [-0.25, -0.2) is 0 Å². The van der Waals surface area contributed by atoms with E-state index in [1.165, 1.54) is 40.5 Å². The molecule has 3 heteroatoms. The first-order valence-electron chi connectivity index (χ1n) is 8.03. The average molecular weight is 522 g/mol. The maximum absolute atomic E-state index is 2.44. The van der Waals surface area contributed by atoms with Crippen LogP contribution in [0.4, 0.5) is 0 Å². The van der Waals surface area contributed by atoms with Crippen LogP contribution in [-0.4, -0.2) is 7.85 Å². The Bertz CT molecular complexity index is 906. The van der Waals surface area contributed by atoms with Crippen molar-refractivity contribution in [1.29, 1.82) is 0 Å². The molecule has 0 heterocycles. The van der Waals surface area contributed by atoms with E-state index in [1.54, 1.807) is 11.1 Å². The lowest BCUT2D eigenvalue weighted by Gasteiger charge is -2.30. The van der Waals surface area contributed by atoms with Crippen LogP contribution in [0.15, 0.2) is 53.1 Å². The molecule has 0 radical (unpaired) electrons. The molecule has 2 aromatic carbocycles. The summed E-state index contributed by atoms with van der Waals surface area (Å²) >= 11 is 4.88. The summed E-state index contributed by atoms with van der Waals surface area (Å²) in [6, 6.07) is 13.8. The van der Waals surface area contributed by atoms with Crippen molar-refractivity contribution in [3.8, 4) is 11.1 Å². The molecule has 0 bridgehead atoms. The molecule has 0 spiro atoms. The van der Waals surface area contributed by atoms with Crippen molar-refractivity contribution in [2.24, 2.45) is 0 Å². The third-order valence-electron chi connectivity index (χ3n) is 5.33. The second kappa shape index (κ2) is 5.76. The minimum atomic E-state index is 0.445. The monoisotopic (exact) mass is 522 g/mol. The zero-order valence-electron chi connectivity index (χ0n) is 13.5. The summed E-state index contributed by atoms with van der Waals surface area (Å²) in [5.74, 6) is 0.445. The van der Waals surface area contributed by atoms with Crippen LogP contribution in [-0.2, 0) is 0 Å². The summed E-state index contributed by atoms with van der Waals surface area (Å²) in [4.78, 5) is 0. The van der Waals surface area contributed by atoms with Crippen molar-refractivity contribution in [3.05, 3.63) is 71.4 Å². The Labute approximate surface area is 166 Å². The fraction of sp³-hybridized carbons (Fsp3) is 0.200. The van der Waals surface area contributed by atoms with Gasteiger partial charge in [0.25, 0.3) is 0 Å². The van der Waals surface area contributed by atoms with E-state index in [2.05, 4.69) is 103 Å². The summed E-state index contributed by atoms with van der Waals surface area (Å²) < 4.78 is 2.64. The van der Waals surface area contributed by atoms with Gasteiger partial charge in [-0.05, 0) is 122 Å². The van der Waals surface area contributed by atoms with E-state index in [1.807, 2.05) is 0 Å². The van der Waals surface area contributed by atoms with Gasteiger partial charge < -0.3 is 0 Å². The van der Waals surface area contributed by atoms with Crippen LogP contribution in [0.25, 0.3) is 16.7 Å². The minimum Gasteiger partial charge on any atom is -0.0582 e. The standard InChI is InChI=1S/C20H17BI2/c1-10-11(2)19-16-7-12(22)3-5-14(16)15-6-4-13(23)8-17(15)20(19)18(10)9-21/h3-8,19H,9,21H2,1-2H3/t19-/m0/s1. The van der Waals surface area contributed by atoms with Crippen LogP contribution in [0.5, 0.6) is 0 Å². The molecule has 2 aliphatic carbocycles. The fourth-order valence-electron chi connectivity index (χ4n) is 4.20. The third kappa shape index (κ3) is 2.29. The molecule has 23 heavy (non-hydrogen) atoms. The average Bonchev–Trinajstić information content (AvgIpc) is 2.79. The summed E-state index contributed by atoms with van der Waals surface area (Å²) in [6.45, 7) is 4.63. The van der Waals surface area contributed by atoms with Crippen molar-refractivity contribution in [2.75, 3.05) is 0 Å². The second-order valence-corrected chi connectivity index (χ2v) is 8.90. The second-order valence-electron chi connectivity index (χ2n) is 6.41. The third-order valence-corrected chi connectivity index (χ3v) is 6.67. The van der Waals surface area contributed by atoms with Gasteiger partial charge in [-0.3, -0.25) is 0 Å². The van der Waals surface area contributed by atoms with Gasteiger partial charge in [0.05, 0.1) is 0 Å². The number of halogens is 2. The van der Waals surface area contributed by atoms with Crippen molar-refractivity contribution in [3.63, 3.8) is 0 Å². The van der Waals surface area contributed by atoms with E-state index in [-0.39, 0.29) is 0 Å². The highest BCUT2D eigenvalue weighted by Gasteiger charge is 2.36. The van der Waals surface area contributed by atoms with Crippen LogP contribution < -0.4 is 0 Å². The molecule has 0 aromatic heterocycles. The molecule has 0 fully saturated rings. The molecule has 0 nitrogen and oxygen atoms in total. The Morgan fingerprint density at radius 2 is 1.57 bits per heavy atom. The number of hydrogen-bond donors (Lipinski definition) is 0. The van der Waals surface area contributed by atoms with E-state index >= 15 is 0 Å². The van der Waals surface area contributed by atoms with Gasteiger partial charge >= 0.3 is 0 Å². The highest BCUT2D eigenvalue weighted by molar-refractivity contribution is 14.1. The van der Waals surface area contributed by atoms with E-state index in [0.717, 1.165) is 6.32 Å². The highest BCUT2D eigenvalue weighted by Crippen LogP contribution is 2.56. The summed E-state index contributed by atoms with van der Waals surface area (Å²) in [5.41, 5.74) is 11.9. The predicted molar refractivity (Wildman–Crippen MR) is 119 cm³/mol. The van der Waals surface area contributed by atoms with Gasteiger partial charge in [0.2, 0.25) is 0 Å². The fourth-order valence-corrected chi connectivity index (χ4v) is 5.21. The zero-order chi connectivity index (χ0) is 16.3. The maximum atomic E-state index is 2.44. The van der Waals surface area contributed by atoms with Crippen LogP contribution in [0, 0.1) is 7.14 Å². The molecule has 0 saturated carbocycles. The Kier molecular flexibility index (Phi) is 3.99. The van der Waals surface area contributed by atoms with Crippen LogP contribution >= 0.6 is 45.2 Å². The van der Waals surface area contributed by atoms with E-state index in [9.17, 15) is 0 Å². The lowest BCUT2D eigenvalue weighted by atomic mass is 9.73. The maximum Gasteiger partial charge on any atom is 0.107 e. The molecule has 1 atom stereocenters. The minimum absolute atomic E-state index is 0.445. The van der Waals surface area contributed by atoms with E-state index in [4.69, 9.17) is 0 Å². The smallest absolute Gasteiger partial charge is 0.0582 e. The lowest BCUT2D eigenvalue weighted by Crippen LogP contribution is -2.10. The number of allylic oxidation sites excluding steroid dienone is 4. The van der Waals surface area contributed by atoms with Gasteiger partial charge in [-0.1, -0.05) is 24.0 Å². The number of benzene rings is 2. The Balaban J connectivity index is 2.14. The summed E-state index contributed by atoms with van der Waals surface area (Å²) in [6.07, 6.45) is 1.11. The van der Waals surface area contributed by atoms with Crippen LogP contribution in [0.2, 0.25) is 6.32 Å². The number of rotatable bonds is 1.